The van der Waals surface area contributed by atoms with Gasteiger partial charge in [0.25, 0.3) is 0 Å². The van der Waals surface area contributed by atoms with Crippen LogP contribution in [0.5, 0.6) is 0 Å². The average molecular weight is 361 g/mol. The SMILES string of the molecule is COC(=O)C(N)CCC(=O)NC(Cc1c[nH]c2ccccc12)C(=O)OC. The summed E-state index contributed by atoms with van der Waals surface area (Å²) in [5.41, 5.74) is 7.45. The third kappa shape index (κ3) is 4.82. The van der Waals surface area contributed by atoms with E-state index in [-0.39, 0.29) is 25.2 Å². The van der Waals surface area contributed by atoms with Crippen LogP contribution in [0.25, 0.3) is 10.9 Å². The summed E-state index contributed by atoms with van der Waals surface area (Å²) >= 11 is 0. The average Bonchev–Trinajstić information content (AvgIpc) is 3.07. The molecular weight excluding hydrogens is 338 g/mol. The van der Waals surface area contributed by atoms with Gasteiger partial charge in [-0.15, -0.1) is 0 Å². The minimum Gasteiger partial charge on any atom is -0.468 e. The predicted octanol–water partition coefficient (Wildman–Crippen LogP) is 0.649. The van der Waals surface area contributed by atoms with E-state index in [4.69, 9.17) is 10.5 Å². The molecule has 0 saturated heterocycles. The van der Waals surface area contributed by atoms with Crippen molar-refractivity contribution in [1.82, 2.24) is 10.3 Å². The van der Waals surface area contributed by atoms with Gasteiger partial charge in [-0.1, -0.05) is 18.2 Å². The quantitative estimate of drug-likeness (QED) is 0.593. The maximum absolute atomic E-state index is 12.1. The number of carbonyl (C=O) groups is 3. The standard InChI is InChI=1S/C18H23N3O5/c1-25-17(23)13(19)7-8-16(22)21-15(18(24)26-2)9-11-10-20-14-6-4-3-5-12(11)14/h3-6,10,13,15,20H,7-9,19H2,1-2H3,(H,21,22). The Morgan fingerprint density at radius 1 is 1.15 bits per heavy atom. The molecule has 2 unspecified atom stereocenters. The van der Waals surface area contributed by atoms with Gasteiger partial charge < -0.3 is 25.5 Å². The van der Waals surface area contributed by atoms with Crippen LogP contribution < -0.4 is 11.1 Å². The Balaban J connectivity index is 2.02. The van der Waals surface area contributed by atoms with Gasteiger partial charge in [0.05, 0.1) is 14.2 Å². The van der Waals surface area contributed by atoms with Crippen molar-refractivity contribution >= 4 is 28.7 Å². The van der Waals surface area contributed by atoms with Crippen LogP contribution in [0.15, 0.2) is 30.5 Å². The van der Waals surface area contributed by atoms with E-state index in [0.29, 0.717) is 0 Å². The number of amides is 1. The third-order valence-corrected chi connectivity index (χ3v) is 4.11. The fraction of sp³-hybridized carbons (Fsp3) is 0.389. The molecule has 1 heterocycles. The van der Waals surface area contributed by atoms with Gasteiger partial charge in [0.15, 0.2) is 0 Å². The second kappa shape index (κ2) is 9.00. The molecule has 2 aromatic rings. The Morgan fingerprint density at radius 2 is 1.85 bits per heavy atom. The van der Waals surface area contributed by atoms with Gasteiger partial charge in [0, 0.05) is 29.9 Å². The highest BCUT2D eigenvalue weighted by atomic mass is 16.5. The Labute approximate surface area is 151 Å². The number of benzene rings is 1. The van der Waals surface area contributed by atoms with E-state index < -0.39 is 24.0 Å². The summed E-state index contributed by atoms with van der Waals surface area (Å²) in [6.45, 7) is 0. The lowest BCUT2D eigenvalue weighted by Gasteiger charge is -2.17. The molecule has 4 N–H and O–H groups in total. The molecule has 1 amide bonds. The van der Waals surface area contributed by atoms with Crippen LogP contribution in [0, 0.1) is 0 Å². The zero-order valence-electron chi connectivity index (χ0n) is 14.8. The highest BCUT2D eigenvalue weighted by Crippen LogP contribution is 2.19. The van der Waals surface area contributed by atoms with Gasteiger partial charge in [-0.25, -0.2) is 4.79 Å². The molecule has 26 heavy (non-hydrogen) atoms. The molecule has 0 fully saturated rings. The molecule has 8 nitrogen and oxygen atoms in total. The lowest BCUT2D eigenvalue weighted by atomic mass is 10.0. The number of carbonyl (C=O) groups excluding carboxylic acids is 3. The number of nitrogens with one attached hydrogen (secondary N) is 2. The highest BCUT2D eigenvalue weighted by Gasteiger charge is 2.24. The monoisotopic (exact) mass is 361 g/mol. The summed E-state index contributed by atoms with van der Waals surface area (Å²) in [6.07, 6.45) is 2.21. The number of aromatic nitrogens is 1. The molecule has 2 atom stereocenters. The van der Waals surface area contributed by atoms with Crippen LogP contribution >= 0.6 is 0 Å². The summed E-state index contributed by atoms with van der Waals surface area (Å²) in [5, 5.41) is 3.62. The largest absolute Gasteiger partial charge is 0.468 e. The molecule has 0 aliphatic rings. The molecule has 0 spiro atoms. The molecule has 0 aliphatic heterocycles. The molecule has 1 aromatic carbocycles. The zero-order chi connectivity index (χ0) is 19.1. The maximum Gasteiger partial charge on any atom is 0.328 e. The smallest absolute Gasteiger partial charge is 0.328 e. The molecule has 140 valence electrons. The van der Waals surface area contributed by atoms with Gasteiger partial charge >= 0.3 is 11.9 Å². The fourth-order valence-electron chi connectivity index (χ4n) is 2.68. The summed E-state index contributed by atoms with van der Waals surface area (Å²) in [5.74, 6) is -1.51. The Kier molecular flexibility index (Phi) is 6.74. The Hall–Kier alpha value is -2.87. The topological polar surface area (TPSA) is 124 Å². The fourth-order valence-corrected chi connectivity index (χ4v) is 2.68. The van der Waals surface area contributed by atoms with Crippen molar-refractivity contribution in [1.29, 1.82) is 0 Å². The number of hydrogen-bond acceptors (Lipinski definition) is 6. The van der Waals surface area contributed by atoms with Crippen LogP contribution in [-0.4, -0.2) is 49.1 Å². The number of nitrogens with two attached hydrogens (primary N) is 1. The van der Waals surface area contributed by atoms with E-state index in [1.807, 2.05) is 24.3 Å². The summed E-state index contributed by atoms with van der Waals surface area (Å²) in [6, 6.07) is 5.97. The first kappa shape index (κ1) is 19.5. The normalized spacial score (nSPS) is 13.0. The number of ether oxygens (including phenoxy) is 2. The molecule has 1 aromatic heterocycles. The van der Waals surface area contributed by atoms with Gasteiger partial charge in [0.2, 0.25) is 5.91 Å². The molecule has 2 rings (SSSR count). The number of hydrogen-bond donors (Lipinski definition) is 3. The summed E-state index contributed by atoms with van der Waals surface area (Å²) in [7, 11) is 2.50. The summed E-state index contributed by atoms with van der Waals surface area (Å²) < 4.78 is 9.31. The lowest BCUT2D eigenvalue weighted by Crippen LogP contribution is -2.43. The first-order valence-corrected chi connectivity index (χ1v) is 8.21. The number of rotatable bonds is 8. The Morgan fingerprint density at radius 3 is 2.54 bits per heavy atom. The van der Waals surface area contributed by atoms with Crippen LogP contribution in [0.1, 0.15) is 18.4 Å². The molecule has 0 radical (unpaired) electrons. The van der Waals surface area contributed by atoms with E-state index >= 15 is 0 Å². The minimum absolute atomic E-state index is 0.00234. The first-order valence-electron chi connectivity index (χ1n) is 8.21. The third-order valence-electron chi connectivity index (χ3n) is 4.11. The second-order valence-electron chi connectivity index (χ2n) is 5.88. The highest BCUT2D eigenvalue weighted by molar-refractivity contribution is 5.87. The summed E-state index contributed by atoms with van der Waals surface area (Å²) in [4.78, 5) is 38.6. The Bertz CT molecular complexity index is 786. The molecular formula is C18H23N3O5. The van der Waals surface area contributed by atoms with Crippen molar-refractivity contribution in [3.8, 4) is 0 Å². The molecule has 0 bridgehead atoms. The van der Waals surface area contributed by atoms with Crippen LogP contribution in [-0.2, 0) is 30.3 Å². The molecule has 0 saturated carbocycles. The maximum atomic E-state index is 12.1. The number of para-hydroxylation sites is 1. The van der Waals surface area contributed by atoms with E-state index in [1.165, 1.54) is 14.2 Å². The van der Waals surface area contributed by atoms with E-state index in [9.17, 15) is 14.4 Å². The van der Waals surface area contributed by atoms with Gasteiger partial charge in [-0.05, 0) is 18.1 Å². The van der Waals surface area contributed by atoms with Gasteiger partial charge in [-0.3, -0.25) is 9.59 Å². The number of fused-ring (bicyclic) bond motifs is 1. The predicted molar refractivity (Wildman–Crippen MR) is 95.2 cm³/mol. The van der Waals surface area contributed by atoms with Crippen molar-refractivity contribution in [2.24, 2.45) is 5.73 Å². The number of methoxy groups -OCH3 is 2. The number of aromatic amines is 1. The van der Waals surface area contributed by atoms with Crippen molar-refractivity contribution in [3.05, 3.63) is 36.0 Å². The number of H-pyrrole nitrogens is 1. The van der Waals surface area contributed by atoms with E-state index in [2.05, 4.69) is 15.0 Å². The van der Waals surface area contributed by atoms with E-state index in [0.717, 1.165) is 16.5 Å². The van der Waals surface area contributed by atoms with Gasteiger partial charge in [-0.2, -0.15) is 0 Å². The van der Waals surface area contributed by atoms with E-state index in [1.54, 1.807) is 6.20 Å². The number of esters is 2. The van der Waals surface area contributed by atoms with Crippen LogP contribution in [0.4, 0.5) is 0 Å². The van der Waals surface area contributed by atoms with Crippen molar-refractivity contribution < 1.29 is 23.9 Å². The van der Waals surface area contributed by atoms with Gasteiger partial charge in [0.1, 0.15) is 12.1 Å². The molecule has 0 aliphatic carbocycles. The van der Waals surface area contributed by atoms with Crippen molar-refractivity contribution in [2.45, 2.75) is 31.3 Å². The van der Waals surface area contributed by atoms with Crippen molar-refractivity contribution in [3.63, 3.8) is 0 Å². The zero-order valence-corrected chi connectivity index (χ0v) is 14.8. The lowest BCUT2D eigenvalue weighted by molar-refractivity contribution is -0.145. The minimum atomic E-state index is -0.879. The van der Waals surface area contributed by atoms with Crippen LogP contribution in [0.2, 0.25) is 0 Å². The van der Waals surface area contributed by atoms with Crippen molar-refractivity contribution in [2.75, 3.05) is 14.2 Å². The first-order chi connectivity index (χ1) is 12.5. The molecule has 8 heteroatoms. The second-order valence-corrected chi connectivity index (χ2v) is 5.88. The van der Waals surface area contributed by atoms with Crippen LogP contribution in [0.3, 0.4) is 0 Å².